The van der Waals surface area contributed by atoms with E-state index in [1.807, 2.05) is 0 Å². The van der Waals surface area contributed by atoms with Crippen LogP contribution in [-0.4, -0.2) is 51.0 Å². The lowest BCUT2D eigenvalue weighted by atomic mass is 9.92. The standard InChI is InChI=1S/C23H28FN5O3/c1-14-11-15(24)9-10-17(14)26-20(30)18-12-19-21(31)28(3)23(2,13-29(19)27-18)22(32)25-16-7-5-4-6-8-16/h9-12,16H,4-8,13H2,1-3H3,(H,25,32)(H,26,30). The molecule has 9 heteroatoms. The topological polar surface area (TPSA) is 96.3 Å². The van der Waals surface area contributed by atoms with E-state index in [0.29, 0.717) is 11.3 Å². The summed E-state index contributed by atoms with van der Waals surface area (Å²) >= 11 is 0. The number of likely N-dealkylation sites (N-methyl/N-ethyl adjacent to an activating group) is 1. The molecule has 4 rings (SSSR count). The molecular weight excluding hydrogens is 413 g/mol. The van der Waals surface area contributed by atoms with Crippen LogP contribution in [0.25, 0.3) is 0 Å². The van der Waals surface area contributed by atoms with Crippen molar-refractivity contribution in [3.05, 3.63) is 47.0 Å². The number of benzene rings is 1. The number of amides is 3. The number of nitrogens with one attached hydrogen (secondary N) is 2. The highest BCUT2D eigenvalue weighted by Gasteiger charge is 2.46. The van der Waals surface area contributed by atoms with Gasteiger partial charge in [0.05, 0.1) is 6.54 Å². The molecule has 3 amide bonds. The summed E-state index contributed by atoms with van der Waals surface area (Å²) in [7, 11) is 1.60. The van der Waals surface area contributed by atoms with E-state index in [1.165, 1.54) is 40.3 Å². The summed E-state index contributed by atoms with van der Waals surface area (Å²) in [6.07, 6.45) is 5.25. The molecule has 2 heterocycles. The fourth-order valence-electron chi connectivity index (χ4n) is 4.38. The second kappa shape index (κ2) is 8.37. The van der Waals surface area contributed by atoms with Crippen LogP contribution in [0.5, 0.6) is 0 Å². The first-order valence-corrected chi connectivity index (χ1v) is 10.9. The highest BCUT2D eigenvalue weighted by Crippen LogP contribution is 2.27. The number of aryl methyl sites for hydroxylation is 1. The SMILES string of the molecule is Cc1cc(F)ccc1NC(=O)c1cc2n(n1)CC(C)(C(=O)NC1CCCCC1)N(C)C2=O. The molecule has 1 aliphatic carbocycles. The van der Waals surface area contributed by atoms with Crippen LogP contribution in [0.4, 0.5) is 10.1 Å². The lowest BCUT2D eigenvalue weighted by Gasteiger charge is -2.41. The molecule has 1 saturated carbocycles. The average Bonchev–Trinajstić information content (AvgIpc) is 3.18. The molecule has 1 aromatic heterocycles. The highest BCUT2D eigenvalue weighted by molar-refractivity contribution is 6.06. The van der Waals surface area contributed by atoms with Crippen molar-refractivity contribution in [2.75, 3.05) is 12.4 Å². The Morgan fingerprint density at radius 1 is 1.19 bits per heavy atom. The van der Waals surface area contributed by atoms with Crippen molar-refractivity contribution in [2.24, 2.45) is 0 Å². The van der Waals surface area contributed by atoms with Crippen LogP contribution < -0.4 is 10.6 Å². The Kier molecular flexibility index (Phi) is 5.75. The predicted octanol–water partition coefficient (Wildman–Crippen LogP) is 2.88. The van der Waals surface area contributed by atoms with Gasteiger partial charge in [0.2, 0.25) is 5.91 Å². The summed E-state index contributed by atoms with van der Waals surface area (Å²) in [5.74, 6) is -1.49. The molecule has 0 bridgehead atoms. The molecule has 2 aromatic rings. The minimum atomic E-state index is -1.12. The van der Waals surface area contributed by atoms with Crippen LogP contribution in [0, 0.1) is 12.7 Å². The maximum Gasteiger partial charge on any atom is 0.276 e. The van der Waals surface area contributed by atoms with Gasteiger partial charge in [-0.25, -0.2) is 4.39 Å². The molecule has 170 valence electrons. The smallest absolute Gasteiger partial charge is 0.276 e. The molecule has 8 nitrogen and oxygen atoms in total. The zero-order chi connectivity index (χ0) is 23.0. The third-order valence-electron chi connectivity index (χ3n) is 6.60. The first-order chi connectivity index (χ1) is 15.2. The monoisotopic (exact) mass is 441 g/mol. The molecule has 1 atom stereocenters. The molecular formula is C23H28FN5O3. The summed E-state index contributed by atoms with van der Waals surface area (Å²) in [6.45, 7) is 3.55. The van der Waals surface area contributed by atoms with Crippen LogP contribution in [-0.2, 0) is 11.3 Å². The van der Waals surface area contributed by atoms with Crippen molar-refractivity contribution in [3.8, 4) is 0 Å². The zero-order valence-corrected chi connectivity index (χ0v) is 18.6. The lowest BCUT2D eigenvalue weighted by Crippen LogP contribution is -2.63. The largest absolute Gasteiger partial charge is 0.351 e. The Hall–Kier alpha value is -3.23. The van der Waals surface area contributed by atoms with Gasteiger partial charge in [-0.1, -0.05) is 19.3 Å². The Labute approximate surface area is 186 Å². The molecule has 0 saturated heterocycles. The van der Waals surface area contributed by atoms with E-state index in [0.717, 1.165) is 25.7 Å². The maximum absolute atomic E-state index is 13.3. The number of nitrogens with zero attached hydrogens (tertiary/aromatic N) is 3. The van der Waals surface area contributed by atoms with E-state index in [4.69, 9.17) is 0 Å². The zero-order valence-electron chi connectivity index (χ0n) is 18.6. The fourth-order valence-corrected chi connectivity index (χ4v) is 4.38. The van der Waals surface area contributed by atoms with Crippen LogP contribution in [0.2, 0.25) is 0 Å². The predicted molar refractivity (Wildman–Crippen MR) is 117 cm³/mol. The number of hydrogen-bond donors (Lipinski definition) is 2. The number of carbonyl (C=O) groups excluding carboxylic acids is 3. The maximum atomic E-state index is 13.3. The summed E-state index contributed by atoms with van der Waals surface area (Å²) in [5, 5.41) is 10.1. The van der Waals surface area contributed by atoms with E-state index < -0.39 is 17.3 Å². The number of rotatable bonds is 4. The van der Waals surface area contributed by atoms with Gasteiger partial charge in [-0.3, -0.25) is 19.1 Å². The van der Waals surface area contributed by atoms with Gasteiger partial charge >= 0.3 is 0 Å². The minimum Gasteiger partial charge on any atom is -0.351 e. The molecule has 0 spiro atoms. The minimum absolute atomic E-state index is 0.0578. The number of fused-ring (bicyclic) bond motifs is 1. The van der Waals surface area contributed by atoms with Gasteiger partial charge in [0.25, 0.3) is 11.8 Å². The second-order valence-electron chi connectivity index (χ2n) is 8.93. The quantitative estimate of drug-likeness (QED) is 0.763. The van der Waals surface area contributed by atoms with E-state index in [9.17, 15) is 18.8 Å². The van der Waals surface area contributed by atoms with Gasteiger partial charge in [0.15, 0.2) is 5.69 Å². The Morgan fingerprint density at radius 2 is 1.91 bits per heavy atom. The third-order valence-corrected chi connectivity index (χ3v) is 6.60. The highest BCUT2D eigenvalue weighted by atomic mass is 19.1. The van der Waals surface area contributed by atoms with Crippen molar-refractivity contribution >= 4 is 23.4 Å². The number of aromatic nitrogens is 2. The molecule has 2 aliphatic rings. The van der Waals surface area contributed by atoms with Gasteiger partial charge < -0.3 is 15.5 Å². The molecule has 2 N–H and O–H groups in total. The van der Waals surface area contributed by atoms with Gasteiger partial charge in [0.1, 0.15) is 17.1 Å². The summed E-state index contributed by atoms with van der Waals surface area (Å²) < 4.78 is 14.8. The van der Waals surface area contributed by atoms with Crippen molar-refractivity contribution in [1.29, 1.82) is 0 Å². The Balaban J connectivity index is 1.54. The molecule has 32 heavy (non-hydrogen) atoms. The summed E-state index contributed by atoms with van der Waals surface area (Å²) in [4.78, 5) is 40.3. The Bertz CT molecular complexity index is 1080. The molecule has 1 aromatic carbocycles. The number of anilines is 1. The van der Waals surface area contributed by atoms with Crippen LogP contribution >= 0.6 is 0 Å². The van der Waals surface area contributed by atoms with Crippen molar-refractivity contribution < 1.29 is 18.8 Å². The first-order valence-electron chi connectivity index (χ1n) is 10.9. The third kappa shape index (κ3) is 3.99. The first kappa shape index (κ1) is 22.0. The normalized spacial score (nSPS) is 21.2. The second-order valence-corrected chi connectivity index (χ2v) is 8.93. The van der Waals surface area contributed by atoms with Gasteiger partial charge in [-0.15, -0.1) is 0 Å². The fraction of sp³-hybridized carbons (Fsp3) is 0.478. The van der Waals surface area contributed by atoms with Gasteiger partial charge in [-0.05, 0) is 50.5 Å². The van der Waals surface area contributed by atoms with Crippen molar-refractivity contribution in [2.45, 2.75) is 64.1 Å². The molecule has 1 aliphatic heterocycles. The van der Waals surface area contributed by atoms with E-state index in [-0.39, 0.29) is 35.8 Å². The molecule has 0 radical (unpaired) electrons. The van der Waals surface area contributed by atoms with E-state index >= 15 is 0 Å². The number of carbonyl (C=O) groups is 3. The molecule has 1 fully saturated rings. The summed E-state index contributed by atoms with van der Waals surface area (Å²) in [5.41, 5.74) is 0.223. The van der Waals surface area contributed by atoms with Crippen LogP contribution in [0.3, 0.4) is 0 Å². The number of halogens is 1. The summed E-state index contributed by atoms with van der Waals surface area (Å²) in [6, 6.07) is 5.60. The van der Waals surface area contributed by atoms with Gasteiger partial charge in [0, 0.05) is 24.8 Å². The van der Waals surface area contributed by atoms with Crippen LogP contribution in [0.15, 0.2) is 24.3 Å². The van der Waals surface area contributed by atoms with E-state index in [2.05, 4.69) is 15.7 Å². The number of hydrogen-bond acceptors (Lipinski definition) is 4. The van der Waals surface area contributed by atoms with E-state index in [1.54, 1.807) is 20.9 Å². The average molecular weight is 442 g/mol. The van der Waals surface area contributed by atoms with Gasteiger partial charge in [-0.2, -0.15) is 5.10 Å². The molecule has 1 unspecified atom stereocenters. The Morgan fingerprint density at radius 3 is 2.59 bits per heavy atom. The lowest BCUT2D eigenvalue weighted by molar-refractivity contribution is -0.133. The van der Waals surface area contributed by atoms with Crippen molar-refractivity contribution in [1.82, 2.24) is 20.0 Å². The van der Waals surface area contributed by atoms with Crippen molar-refractivity contribution in [3.63, 3.8) is 0 Å². The van der Waals surface area contributed by atoms with Crippen LogP contribution in [0.1, 0.15) is 65.6 Å².